The van der Waals surface area contributed by atoms with E-state index in [9.17, 15) is 9.59 Å². The summed E-state index contributed by atoms with van der Waals surface area (Å²) in [4.78, 5) is 31.4. The molecule has 7 heteroatoms. The average Bonchev–Trinajstić information content (AvgIpc) is 3.07. The first-order valence-electron chi connectivity index (χ1n) is 10.6. The molecule has 0 aliphatic carbocycles. The second-order valence-corrected chi connectivity index (χ2v) is 10.4. The Morgan fingerprint density at radius 2 is 1.82 bits per heavy atom. The Morgan fingerprint density at radius 1 is 1.15 bits per heavy atom. The minimum atomic E-state index is -0.715. The van der Waals surface area contributed by atoms with Crippen molar-refractivity contribution in [2.24, 2.45) is 4.99 Å². The normalized spacial score (nSPS) is 16.4. The van der Waals surface area contributed by atoms with Crippen molar-refractivity contribution in [3.63, 3.8) is 0 Å². The molecule has 0 amide bonds. The number of halogens is 1. The fourth-order valence-corrected chi connectivity index (χ4v) is 5.20. The van der Waals surface area contributed by atoms with Gasteiger partial charge in [-0.3, -0.25) is 9.36 Å². The minimum Gasteiger partial charge on any atom is -0.466 e. The van der Waals surface area contributed by atoms with Crippen molar-refractivity contribution in [3.8, 4) is 0 Å². The second kappa shape index (κ2) is 8.76. The predicted molar refractivity (Wildman–Crippen MR) is 132 cm³/mol. The van der Waals surface area contributed by atoms with Crippen molar-refractivity contribution < 1.29 is 9.53 Å². The van der Waals surface area contributed by atoms with Gasteiger partial charge in [-0.25, -0.2) is 9.79 Å². The molecule has 1 unspecified atom stereocenters. The van der Waals surface area contributed by atoms with Crippen LogP contribution in [0.3, 0.4) is 0 Å². The first-order valence-corrected chi connectivity index (χ1v) is 11.8. The Morgan fingerprint density at radius 3 is 2.42 bits per heavy atom. The zero-order valence-corrected chi connectivity index (χ0v) is 20.8. The number of fused-ring (bicyclic) bond motifs is 1. The van der Waals surface area contributed by atoms with Gasteiger partial charge < -0.3 is 4.74 Å². The number of esters is 1. The molecule has 4 rings (SSSR count). The van der Waals surface area contributed by atoms with Crippen LogP contribution in [0.5, 0.6) is 0 Å². The van der Waals surface area contributed by atoms with Crippen LogP contribution in [0.25, 0.3) is 6.08 Å². The molecule has 0 spiro atoms. The van der Waals surface area contributed by atoms with Gasteiger partial charge in [0.25, 0.3) is 5.56 Å². The number of ether oxygens (including phenoxy) is 1. The summed E-state index contributed by atoms with van der Waals surface area (Å²) in [6.45, 7) is 8.24. The van der Waals surface area contributed by atoms with E-state index in [1.54, 1.807) is 17.6 Å². The smallest absolute Gasteiger partial charge is 0.338 e. The van der Waals surface area contributed by atoms with Crippen LogP contribution in [-0.2, 0) is 14.9 Å². The van der Waals surface area contributed by atoms with Crippen molar-refractivity contribution >= 4 is 35.0 Å². The number of methoxy groups -OCH3 is 1. The topological polar surface area (TPSA) is 60.7 Å². The average molecular weight is 481 g/mol. The van der Waals surface area contributed by atoms with Gasteiger partial charge in [-0.15, -0.1) is 0 Å². The molecular formula is C26H25ClN2O3S. The third-order valence-corrected chi connectivity index (χ3v) is 7.03. The van der Waals surface area contributed by atoms with Gasteiger partial charge in [0.15, 0.2) is 4.80 Å². The number of rotatable bonds is 3. The first-order chi connectivity index (χ1) is 15.6. The van der Waals surface area contributed by atoms with Crippen molar-refractivity contribution in [2.75, 3.05) is 7.11 Å². The summed E-state index contributed by atoms with van der Waals surface area (Å²) in [6, 6.07) is 14.7. The highest BCUT2D eigenvalue weighted by Gasteiger charge is 2.34. The minimum absolute atomic E-state index is 0.0502. The summed E-state index contributed by atoms with van der Waals surface area (Å²) in [6.07, 6.45) is 1.86. The maximum absolute atomic E-state index is 13.6. The standard InChI is InChI=1S/C26H25ClN2O3S/c1-15-21(24(31)32-5)22(18-8-6-7-9-19(18)27)29-23(30)20(33-25(29)28-15)14-16-10-12-17(13-11-16)26(2,3)4/h6-14,22H,1-5H3/b20-14+. The Balaban J connectivity index is 1.92. The largest absolute Gasteiger partial charge is 0.466 e. The number of allylic oxidation sites excluding steroid dienone is 1. The van der Waals surface area contributed by atoms with Crippen LogP contribution < -0.4 is 14.9 Å². The lowest BCUT2D eigenvalue weighted by atomic mass is 9.87. The SMILES string of the molecule is COC(=O)C1=C(C)N=c2s/c(=C/c3ccc(C(C)(C)C)cc3)c(=O)n2C1c1ccccc1Cl. The number of hydrogen-bond acceptors (Lipinski definition) is 5. The summed E-state index contributed by atoms with van der Waals surface area (Å²) < 4.78 is 7.11. The molecule has 5 nitrogen and oxygen atoms in total. The van der Waals surface area contributed by atoms with E-state index in [0.717, 1.165) is 5.56 Å². The van der Waals surface area contributed by atoms with E-state index in [0.29, 0.717) is 31.2 Å². The van der Waals surface area contributed by atoms with Crippen LogP contribution in [0.1, 0.15) is 50.4 Å². The lowest BCUT2D eigenvalue weighted by Gasteiger charge is -2.25. The third kappa shape index (κ3) is 4.33. The third-order valence-electron chi connectivity index (χ3n) is 5.70. The van der Waals surface area contributed by atoms with Gasteiger partial charge >= 0.3 is 5.97 Å². The molecule has 0 saturated carbocycles. The highest BCUT2D eigenvalue weighted by molar-refractivity contribution is 7.07. The Bertz CT molecular complexity index is 1440. The van der Waals surface area contributed by atoms with E-state index in [1.807, 2.05) is 36.4 Å². The zero-order chi connectivity index (χ0) is 23.9. The summed E-state index contributed by atoms with van der Waals surface area (Å²) in [7, 11) is 1.32. The number of benzene rings is 2. The number of nitrogens with zero attached hydrogens (tertiary/aromatic N) is 2. The number of carbonyl (C=O) groups is 1. The molecule has 0 N–H and O–H groups in total. The van der Waals surface area contributed by atoms with E-state index in [-0.39, 0.29) is 11.0 Å². The van der Waals surface area contributed by atoms with Gasteiger partial charge in [0.1, 0.15) is 6.04 Å². The number of aromatic nitrogens is 1. The molecule has 33 heavy (non-hydrogen) atoms. The molecular weight excluding hydrogens is 456 g/mol. The molecule has 0 bridgehead atoms. The summed E-state index contributed by atoms with van der Waals surface area (Å²) in [5.74, 6) is -0.534. The molecule has 1 atom stereocenters. The van der Waals surface area contributed by atoms with E-state index >= 15 is 0 Å². The summed E-state index contributed by atoms with van der Waals surface area (Å²) in [5.41, 5.74) is 3.43. The molecule has 3 aromatic rings. The van der Waals surface area contributed by atoms with Gasteiger partial charge in [0, 0.05) is 5.02 Å². The van der Waals surface area contributed by atoms with Crippen molar-refractivity contribution in [1.29, 1.82) is 0 Å². The fraction of sp³-hybridized carbons (Fsp3) is 0.269. The number of hydrogen-bond donors (Lipinski definition) is 0. The van der Waals surface area contributed by atoms with Crippen molar-refractivity contribution in [3.05, 3.63) is 101 Å². The molecule has 2 aromatic carbocycles. The quantitative estimate of drug-likeness (QED) is 0.523. The van der Waals surface area contributed by atoms with E-state index < -0.39 is 12.0 Å². The molecule has 1 aliphatic heterocycles. The monoisotopic (exact) mass is 480 g/mol. The van der Waals surface area contributed by atoms with Crippen LogP contribution in [-0.4, -0.2) is 17.6 Å². The Kier molecular flexibility index (Phi) is 6.16. The van der Waals surface area contributed by atoms with Crippen LogP contribution in [0.2, 0.25) is 5.02 Å². The lowest BCUT2D eigenvalue weighted by Crippen LogP contribution is -2.39. The molecule has 1 aromatic heterocycles. The number of thiazole rings is 1. The van der Waals surface area contributed by atoms with Crippen LogP contribution in [0.15, 0.2) is 69.6 Å². The maximum Gasteiger partial charge on any atom is 0.338 e. The van der Waals surface area contributed by atoms with Crippen molar-refractivity contribution in [1.82, 2.24) is 4.57 Å². The van der Waals surface area contributed by atoms with Gasteiger partial charge in [0.2, 0.25) is 0 Å². The fourth-order valence-electron chi connectivity index (χ4n) is 3.91. The Labute approximate surface area is 201 Å². The molecule has 1 aliphatic rings. The first kappa shape index (κ1) is 23.2. The van der Waals surface area contributed by atoms with Crippen molar-refractivity contribution in [2.45, 2.75) is 39.2 Å². The molecule has 0 fully saturated rings. The van der Waals surface area contributed by atoms with Crippen LogP contribution >= 0.6 is 22.9 Å². The molecule has 2 heterocycles. The van der Waals surface area contributed by atoms with E-state index in [2.05, 4.69) is 37.9 Å². The predicted octanol–water partition coefficient (Wildman–Crippen LogP) is 4.36. The van der Waals surface area contributed by atoms with Crippen LogP contribution in [0, 0.1) is 0 Å². The van der Waals surface area contributed by atoms with Gasteiger partial charge in [-0.1, -0.05) is 86.2 Å². The van der Waals surface area contributed by atoms with Gasteiger partial charge in [-0.2, -0.15) is 0 Å². The maximum atomic E-state index is 13.6. The van der Waals surface area contributed by atoms with Gasteiger partial charge in [-0.05, 0) is 41.2 Å². The summed E-state index contributed by atoms with van der Waals surface area (Å²) in [5, 5.41) is 0.464. The number of carbonyl (C=O) groups excluding carboxylic acids is 1. The molecule has 0 radical (unpaired) electrons. The molecule has 0 saturated heterocycles. The lowest BCUT2D eigenvalue weighted by molar-refractivity contribution is -0.136. The highest BCUT2D eigenvalue weighted by Crippen LogP contribution is 2.34. The van der Waals surface area contributed by atoms with E-state index in [1.165, 1.54) is 24.0 Å². The summed E-state index contributed by atoms with van der Waals surface area (Å²) >= 11 is 7.80. The zero-order valence-electron chi connectivity index (χ0n) is 19.2. The van der Waals surface area contributed by atoms with Crippen LogP contribution in [0.4, 0.5) is 0 Å². The highest BCUT2D eigenvalue weighted by atomic mass is 35.5. The second-order valence-electron chi connectivity index (χ2n) is 8.97. The van der Waals surface area contributed by atoms with Gasteiger partial charge in [0.05, 0.1) is 22.9 Å². The van der Waals surface area contributed by atoms with E-state index in [4.69, 9.17) is 16.3 Å². The molecule has 170 valence electrons. The Hall–Kier alpha value is -2.96.